The Morgan fingerprint density at radius 2 is 1.63 bits per heavy atom. The Morgan fingerprint density at radius 1 is 0.939 bits per heavy atom. The van der Waals surface area contributed by atoms with Gasteiger partial charge in [-0.2, -0.15) is 0 Å². The number of aromatic nitrogens is 1. The lowest BCUT2D eigenvalue weighted by molar-refractivity contribution is -0.189. The van der Waals surface area contributed by atoms with Crippen molar-refractivity contribution in [3.8, 4) is 5.75 Å². The van der Waals surface area contributed by atoms with Crippen LogP contribution in [-0.2, 0) is 19.2 Å². The number of hydroxylamine groups is 2. The Hall–Kier alpha value is -4.91. The van der Waals surface area contributed by atoms with Crippen molar-refractivity contribution >= 4 is 40.7 Å². The molecule has 0 atom stereocenters. The molecule has 0 saturated carbocycles. The first kappa shape index (κ1) is 36.9. The van der Waals surface area contributed by atoms with E-state index in [0.717, 1.165) is 42.5 Å². The SMILES string of the molecule is CCCCCCCCCC(=O)Oc1ccc2c(c1)C(=O)N(CC)C2=O.O=C(O)/C=C/C(=O)ON1CCC(c2noc3cc(F)ccc23)CC1. The molecule has 12 nitrogen and oxygen atoms in total. The number of nitrogens with zero attached hydrogens (tertiary/aromatic N) is 3. The Bertz CT molecular complexity index is 1680. The summed E-state index contributed by atoms with van der Waals surface area (Å²) in [5.74, 6) is -2.76. The fourth-order valence-corrected chi connectivity index (χ4v) is 5.77. The topological polar surface area (TPSA) is 157 Å². The summed E-state index contributed by atoms with van der Waals surface area (Å²) in [6.45, 7) is 5.27. The van der Waals surface area contributed by atoms with E-state index in [4.69, 9.17) is 19.2 Å². The van der Waals surface area contributed by atoms with Crippen LogP contribution in [0, 0.1) is 5.82 Å². The Labute approximate surface area is 283 Å². The average Bonchev–Trinajstić information content (AvgIpc) is 3.60. The van der Waals surface area contributed by atoms with Crippen LogP contribution in [0.1, 0.15) is 110 Å². The molecule has 3 aromatic rings. The number of carbonyl (C=O) groups is 5. The molecular formula is C36H42FN3O9. The molecule has 2 amide bonds. The van der Waals surface area contributed by atoms with Crippen molar-refractivity contribution in [2.45, 2.75) is 84.0 Å². The third-order valence-corrected chi connectivity index (χ3v) is 8.36. The minimum atomic E-state index is -1.21. The van der Waals surface area contributed by atoms with E-state index in [-0.39, 0.29) is 29.5 Å². The summed E-state index contributed by atoms with van der Waals surface area (Å²) >= 11 is 0. The van der Waals surface area contributed by atoms with Gasteiger partial charge in [-0.1, -0.05) is 50.6 Å². The zero-order valence-corrected chi connectivity index (χ0v) is 27.8. The minimum absolute atomic E-state index is 0.126. The fraction of sp³-hybridized carbons (Fsp3) is 0.444. The number of piperidine rings is 1. The van der Waals surface area contributed by atoms with Crippen molar-refractivity contribution in [3.63, 3.8) is 0 Å². The number of halogens is 1. The Balaban J connectivity index is 0.000000221. The van der Waals surface area contributed by atoms with Gasteiger partial charge in [0.15, 0.2) is 5.58 Å². The van der Waals surface area contributed by atoms with Crippen molar-refractivity contribution < 1.29 is 47.6 Å². The van der Waals surface area contributed by atoms with Gasteiger partial charge in [0.2, 0.25) is 0 Å². The molecule has 0 bridgehead atoms. The highest BCUT2D eigenvalue weighted by molar-refractivity contribution is 6.21. The number of aliphatic carboxylic acids is 1. The van der Waals surface area contributed by atoms with Crippen LogP contribution in [0.15, 0.2) is 53.1 Å². The number of benzene rings is 2. The van der Waals surface area contributed by atoms with Gasteiger partial charge in [-0.15, -0.1) is 5.06 Å². The van der Waals surface area contributed by atoms with Gasteiger partial charge in [0.05, 0.1) is 16.8 Å². The van der Waals surface area contributed by atoms with Crippen LogP contribution in [0.3, 0.4) is 0 Å². The van der Waals surface area contributed by atoms with E-state index in [0.29, 0.717) is 61.4 Å². The molecule has 1 saturated heterocycles. The third kappa shape index (κ3) is 10.3. The number of carboxylic acid groups (broad SMARTS) is 1. The quantitative estimate of drug-likeness (QED) is 0.0644. The van der Waals surface area contributed by atoms with Crippen LogP contribution in [0.2, 0.25) is 0 Å². The second-order valence-corrected chi connectivity index (χ2v) is 11.9. The van der Waals surface area contributed by atoms with Crippen LogP contribution >= 0.6 is 0 Å². The zero-order chi connectivity index (χ0) is 35.3. The summed E-state index contributed by atoms with van der Waals surface area (Å²) in [5, 5.41) is 14.8. The van der Waals surface area contributed by atoms with E-state index in [2.05, 4.69) is 12.1 Å². The number of imide groups is 1. The molecule has 1 aromatic heterocycles. The molecule has 13 heteroatoms. The van der Waals surface area contributed by atoms with Crippen molar-refractivity contribution in [2.75, 3.05) is 19.6 Å². The summed E-state index contributed by atoms with van der Waals surface area (Å²) in [7, 11) is 0. The maximum Gasteiger partial charge on any atom is 0.349 e. The summed E-state index contributed by atoms with van der Waals surface area (Å²) in [4.78, 5) is 64.2. The molecule has 3 heterocycles. The second-order valence-electron chi connectivity index (χ2n) is 11.9. The first-order valence-electron chi connectivity index (χ1n) is 16.7. The summed E-state index contributed by atoms with van der Waals surface area (Å²) < 4.78 is 23.7. The van der Waals surface area contributed by atoms with Gasteiger partial charge >= 0.3 is 17.9 Å². The van der Waals surface area contributed by atoms with Crippen LogP contribution in [0.5, 0.6) is 5.75 Å². The second kappa shape index (κ2) is 18.0. The molecular weight excluding hydrogens is 637 g/mol. The predicted octanol–water partition coefficient (Wildman–Crippen LogP) is 6.59. The standard InChI is InChI=1S/C20H27NO4.C16H15FN2O5/c1-3-5-6-7-8-9-10-11-18(22)25-15-12-13-16-17(14-15)20(24)21(4-2)19(16)23;17-11-1-2-12-13(9-11)23-18-16(12)10-5-7-19(8-6-10)24-15(22)4-3-14(20)21/h12-14H,3-11H2,1-2H3;1-4,9-10H,5-8H2,(H,20,21)/b;4-3+. The molecule has 262 valence electrons. The first-order valence-corrected chi connectivity index (χ1v) is 16.7. The largest absolute Gasteiger partial charge is 0.478 e. The molecule has 49 heavy (non-hydrogen) atoms. The molecule has 0 radical (unpaired) electrons. The molecule has 0 unspecified atom stereocenters. The number of carbonyl (C=O) groups excluding carboxylic acids is 4. The minimum Gasteiger partial charge on any atom is -0.478 e. The first-order chi connectivity index (χ1) is 23.6. The van der Waals surface area contributed by atoms with Crippen LogP contribution in [0.25, 0.3) is 11.0 Å². The average molecular weight is 680 g/mol. The van der Waals surface area contributed by atoms with Gasteiger partial charge in [-0.05, 0) is 56.5 Å². The number of esters is 1. The lowest BCUT2D eigenvalue weighted by Crippen LogP contribution is -2.34. The fourth-order valence-electron chi connectivity index (χ4n) is 5.77. The number of hydrogen-bond acceptors (Lipinski definition) is 10. The van der Waals surface area contributed by atoms with Crippen LogP contribution in [0.4, 0.5) is 4.39 Å². The van der Waals surface area contributed by atoms with E-state index in [1.807, 2.05) is 0 Å². The molecule has 2 aliphatic heterocycles. The van der Waals surface area contributed by atoms with Crippen LogP contribution < -0.4 is 4.74 Å². The summed E-state index contributed by atoms with van der Waals surface area (Å²) in [6, 6.07) is 8.95. The number of carboxylic acids is 1. The Morgan fingerprint density at radius 3 is 2.33 bits per heavy atom. The monoisotopic (exact) mass is 679 g/mol. The smallest absolute Gasteiger partial charge is 0.349 e. The molecule has 1 N–H and O–H groups in total. The lowest BCUT2D eigenvalue weighted by Gasteiger charge is -2.29. The number of unbranched alkanes of at least 4 members (excludes halogenated alkanes) is 6. The van der Waals surface area contributed by atoms with E-state index >= 15 is 0 Å². The van der Waals surface area contributed by atoms with E-state index in [1.165, 1.54) is 53.8 Å². The molecule has 0 aliphatic carbocycles. The summed E-state index contributed by atoms with van der Waals surface area (Å²) in [5.41, 5.74) is 1.88. The third-order valence-electron chi connectivity index (χ3n) is 8.36. The number of ether oxygens (including phenoxy) is 1. The van der Waals surface area contributed by atoms with Gasteiger partial charge in [-0.3, -0.25) is 19.3 Å². The van der Waals surface area contributed by atoms with Crippen molar-refractivity contribution in [3.05, 3.63) is 71.2 Å². The van der Waals surface area contributed by atoms with E-state index < -0.39 is 11.9 Å². The Kier molecular flexibility index (Phi) is 13.6. The molecule has 5 rings (SSSR count). The molecule has 2 aliphatic rings. The van der Waals surface area contributed by atoms with Gasteiger partial charge in [0, 0.05) is 55.6 Å². The van der Waals surface area contributed by atoms with Crippen molar-refractivity contribution in [1.29, 1.82) is 0 Å². The molecule has 1 fully saturated rings. The van der Waals surface area contributed by atoms with Crippen molar-refractivity contribution in [1.82, 2.24) is 15.1 Å². The highest BCUT2D eigenvalue weighted by Gasteiger charge is 2.34. The van der Waals surface area contributed by atoms with E-state index in [1.54, 1.807) is 25.1 Å². The maximum absolute atomic E-state index is 13.2. The van der Waals surface area contributed by atoms with Gasteiger partial charge < -0.3 is 19.2 Å². The van der Waals surface area contributed by atoms with Gasteiger partial charge in [0.1, 0.15) is 11.6 Å². The zero-order valence-electron chi connectivity index (χ0n) is 27.8. The molecule has 0 spiro atoms. The van der Waals surface area contributed by atoms with Gasteiger partial charge in [-0.25, -0.2) is 14.0 Å². The van der Waals surface area contributed by atoms with E-state index in [9.17, 15) is 28.4 Å². The predicted molar refractivity (Wildman–Crippen MR) is 176 cm³/mol. The summed E-state index contributed by atoms with van der Waals surface area (Å²) in [6.07, 6.45) is 11.3. The van der Waals surface area contributed by atoms with Crippen molar-refractivity contribution in [2.24, 2.45) is 0 Å². The molecule has 2 aromatic carbocycles. The highest BCUT2D eigenvalue weighted by Crippen LogP contribution is 2.33. The number of fused-ring (bicyclic) bond motifs is 2. The number of amides is 2. The van der Waals surface area contributed by atoms with Gasteiger partial charge in [0.25, 0.3) is 11.8 Å². The normalized spacial score (nSPS) is 15.0. The maximum atomic E-state index is 13.2. The lowest BCUT2D eigenvalue weighted by atomic mass is 9.92. The van der Waals surface area contributed by atoms with Crippen LogP contribution in [-0.4, -0.2) is 69.6 Å². The number of rotatable bonds is 14. The highest BCUT2D eigenvalue weighted by atomic mass is 19.1. The number of hydrogen-bond donors (Lipinski definition) is 1.